The molecule has 24 heavy (non-hydrogen) atoms. The highest BCUT2D eigenvalue weighted by molar-refractivity contribution is 5.94. The molecule has 8 heteroatoms. The minimum atomic E-state index is -0.412. The molecule has 1 saturated heterocycles. The van der Waals surface area contributed by atoms with Gasteiger partial charge in [-0.1, -0.05) is 12.1 Å². The van der Waals surface area contributed by atoms with Gasteiger partial charge in [-0.15, -0.1) is 24.8 Å². The first-order valence-electron chi connectivity index (χ1n) is 7.41. The van der Waals surface area contributed by atoms with Gasteiger partial charge in [0.05, 0.1) is 6.10 Å². The highest BCUT2D eigenvalue weighted by Gasteiger charge is 2.29. The third-order valence-electron chi connectivity index (χ3n) is 3.87. The molecular weight excluding hydrogens is 351 g/mol. The number of aryl methyl sites for hydroxylation is 1. The molecule has 2 heterocycles. The third kappa shape index (κ3) is 4.48. The molecule has 2 atom stereocenters. The molecule has 1 fully saturated rings. The fourth-order valence-electron chi connectivity index (χ4n) is 2.67. The minimum Gasteiger partial charge on any atom is -0.364 e. The Balaban J connectivity index is 0.00000144. The monoisotopic (exact) mass is 372 g/mol. The van der Waals surface area contributed by atoms with Crippen LogP contribution in [-0.4, -0.2) is 34.2 Å². The number of carbonyl (C=O) groups excluding carboxylic acids is 1. The first kappa shape index (κ1) is 20.4. The van der Waals surface area contributed by atoms with E-state index in [-0.39, 0.29) is 36.8 Å². The molecule has 0 spiro atoms. The van der Waals surface area contributed by atoms with Crippen molar-refractivity contribution in [3.63, 3.8) is 0 Å². The van der Waals surface area contributed by atoms with Crippen LogP contribution in [0.4, 0.5) is 5.69 Å². The molecule has 6 nitrogen and oxygen atoms in total. The van der Waals surface area contributed by atoms with Crippen LogP contribution in [0.3, 0.4) is 0 Å². The van der Waals surface area contributed by atoms with Crippen LogP contribution in [-0.2, 0) is 16.6 Å². The van der Waals surface area contributed by atoms with E-state index in [1.165, 1.54) is 0 Å². The first-order valence-corrected chi connectivity index (χ1v) is 7.41. The molecule has 3 N–H and O–H groups in total. The van der Waals surface area contributed by atoms with Crippen molar-refractivity contribution in [2.24, 2.45) is 12.8 Å². The molecule has 3 rings (SSSR count). The quantitative estimate of drug-likeness (QED) is 0.862. The molecule has 0 aliphatic carbocycles. The van der Waals surface area contributed by atoms with E-state index in [9.17, 15) is 4.79 Å². The van der Waals surface area contributed by atoms with Crippen molar-refractivity contribution in [1.82, 2.24) is 9.55 Å². The summed E-state index contributed by atoms with van der Waals surface area (Å²) in [6, 6.07) is 7.64. The van der Waals surface area contributed by atoms with E-state index >= 15 is 0 Å². The van der Waals surface area contributed by atoms with E-state index in [1.807, 2.05) is 42.1 Å². The first-order chi connectivity index (χ1) is 10.7. The molecule has 1 aromatic heterocycles. The highest BCUT2D eigenvalue weighted by Crippen LogP contribution is 2.23. The molecule has 1 aliphatic rings. The van der Waals surface area contributed by atoms with Crippen molar-refractivity contribution in [3.8, 4) is 11.4 Å². The summed E-state index contributed by atoms with van der Waals surface area (Å²) >= 11 is 0. The summed E-state index contributed by atoms with van der Waals surface area (Å²) in [5.74, 6) is 0.740. The second kappa shape index (κ2) is 9.03. The van der Waals surface area contributed by atoms with Crippen molar-refractivity contribution in [1.29, 1.82) is 0 Å². The molecule has 0 unspecified atom stereocenters. The number of imidazole rings is 1. The average molecular weight is 373 g/mol. The van der Waals surface area contributed by atoms with Gasteiger partial charge in [-0.05, 0) is 25.0 Å². The number of aromatic nitrogens is 2. The van der Waals surface area contributed by atoms with Gasteiger partial charge in [-0.3, -0.25) is 4.79 Å². The molecule has 1 aromatic carbocycles. The van der Waals surface area contributed by atoms with Crippen LogP contribution in [0.5, 0.6) is 0 Å². The van der Waals surface area contributed by atoms with E-state index in [4.69, 9.17) is 10.5 Å². The van der Waals surface area contributed by atoms with Crippen molar-refractivity contribution in [2.45, 2.75) is 25.0 Å². The Morgan fingerprint density at radius 2 is 2.21 bits per heavy atom. The lowest BCUT2D eigenvalue weighted by Gasteiger charge is -2.13. The van der Waals surface area contributed by atoms with E-state index in [0.717, 1.165) is 23.5 Å². The van der Waals surface area contributed by atoms with Crippen molar-refractivity contribution >= 4 is 36.4 Å². The zero-order chi connectivity index (χ0) is 15.5. The summed E-state index contributed by atoms with van der Waals surface area (Å²) in [5, 5.41) is 2.91. The molecule has 0 bridgehead atoms. The number of halogens is 2. The number of ether oxygens (including phenoxy) is 1. The largest absolute Gasteiger partial charge is 0.364 e. The fraction of sp³-hybridized carbons (Fsp3) is 0.375. The van der Waals surface area contributed by atoms with E-state index in [0.29, 0.717) is 13.0 Å². The van der Waals surface area contributed by atoms with Crippen LogP contribution >= 0.6 is 24.8 Å². The van der Waals surface area contributed by atoms with Crippen molar-refractivity contribution < 1.29 is 9.53 Å². The van der Waals surface area contributed by atoms with Gasteiger partial charge in [0.15, 0.2) is 0 Å². The van der Waals surface area contributed by atoms with Crippen LogP contribution < -0.4 is 11.1 Å². The zero-order valence-corrected chi connectivity index (χ0v) is 15.0. The second-order valence-electron chi connectivity index (χ2n) is 5.49. The molecule has 0 radical (unpaired) electrons. The maximum absolute atomic E-state index is 12.2. The van der Waals surface area contributed by atoms with Gasteiger partial charge >= 0.3 is 0 Å². The van der Waals surface area contributed by atoms with Gasteiger partial charge in [0.1, 0.15) is 11.9 Å². The van der Waals surface area contributed by atoms with Gasteiger partial charge < -0.3 is 20.4 Å². The molecule has 0 saturated carbocycles. The summed E-state index contributed by atoms with van der Waals surface area (Å²) in [6.07, 6.45) is 4.77. The lowest BCUT2D eigenvalue weighted by molar-refractivity contribution is -0.126. The maximum atomic E-state index is 12.2. The molecule has 1 amide bonds. The Labute approximate surface area is 153 Å². The number of nitrogens with two attached hydrogens (primary N) is 1. The second-order valence-corrected chi connectivity index (χ2v) is 5.49. The lowest BCUT2D eigenvalue weighted by Crippen LogP contribution is -2.29. The maximum Gasteiger partial charge on any atom is 0.253 e. The fourth-order valence-corrected chi connectivity index (χ4v) is 2.67. The summed E-state index contributed by atoms with van der Waals surface area (Å²) in [6.45, 7) is 0.457. The van der Waals surface area contributed by atoms with Crippen LogP contribution in [0, 0.1) is 0 Å². The average Bonchev–Trinajstić information content (AvgIpc) is 3.16. The predicted molar refractivity (Wildman–Crippen MR) is 98.7 cm³/mol. The number of nitrogens with one attached hydrogen (secondary N) is 1. The normalized spacial score (nSPS) is 19.2. The Morgan fingerprint density at radius 3 is 2.83 bits per heavy atom. The Hall–Kier alpha value is -1.60. The van der Waals surface area contributed by atoms with Crippen LogP contribution in [0.1, 0.15) is 12.8 Å². The molecule has 1 aliphatic heterocycles. The number of anilines is 1. The highest BCUT2D eigenvalue weighted by atomic mass is 35.5. The lowest BCUT2D eigenvalue weighted by atomic mass is 10.1. The number of hydrogen-bond donors (Lipinski definition) is 2. The smallest absolute Gasteiger partial charge is 0.253 e. The molecule has 2 aromatic rings. The number of nitrogens with zero attached hydrogens (tertiary/aromatic N) is 2. The van der Waals surface area contributed by atoms with Gasteiger partial charge in [0.2, 0.25) is 0 Å². The summed E-state index contributed by atoms with van der Waals surface area (Å²) in [4.78, 5) is 16.6. The van der Waals surface area contributed by atoms with Crippen molar-refractivity contribution in [3.05, 3.63) is 36.7 Å². The Bertz CT molecular complexity index is 678. The van der Waals surface area contributed by atoms with Crippen LogP contribution in [0.15, 0.2) is 36.7 Å². The number of carbonyl (C=O) groups is 1. The Morgan fingerprint density at radius 1 is 1.42 bits per heavy atom. The van der Waals surface area contributed by atoms with E-state index in [2.05, 4.69) is 10.3 Å². The number of hydrogen-bond acceptors (Lipinski definition) is 4. The standard InChI is InChI=1S/C16H20N4O2.2ClH/c1-20-8-7-18-15(20)11-3-2-4-12(9-11)19-16(21)14-6-5-13(10-17)22-14;;/h2-4,7-9,13-14H,5-6,10,17H2,1H3,(H,19,21);2*1H/t13-,14+;;/m1../s1. The van der Waals surface area contributed by atoms with Gasteiger partial charge in [0, 0.05) is 37.2 Å². The van der Waals surface area contributed by atoms with Gasteiger partial charge in [-0.2, -0.15) is 0 Å². The molecular formula is C16H22Cl2N4O2. The Kier molecular flexibility index (Phi) is 7.69. The van der Waals surface area contributed by atoms with Crippen LogP contribution in [0.2, 0.25) is 0 Å². The number of rotatable bonds is 4. The van der Waals surface area contributed by atoms with E-state index in [1.54, 1.807) is 6.20 Å². The zero-order valence-electron chi connectivity index (χ0n) is 13.3. The summed E-state index contributed by atoms with van der Waals surface area (Å²) in [7, 11) is 1.94. The summed E-state index contributed by atoms with van der Waals surface area (Å²) < 4.78 is 7.55. The predicted octanol–water partition coefficient (Wildman–Crippen LogP) is 2.38. The number of benzene rings is 1. The van der Waals surface area contributed by atoms with Gasteiger partial charge in [-0.25, -0.2) is 4.98 Å². The van der Waals surface area contributed by atoms with Crippen LogP contribution in [0.25, 0.3) is 11.4 Å². The van der Waals surface area contributed by atoms with Gasteiger partial charge in [0.25, 0.3) is 5.91 Å². The SMILES string of the molecule is Cl.Cl.Cn1ccnc1-c1cccc(NC(=O)[C@@H]2CC[C@H](CN)O2)c1. The topological polar surface area (TPSA) is 82.2 Å². The van der Waals surface area contributed by atoms with Crippen molar-refractivity contribution in [2.75, 3.05) is 11.9 Å². The summed E-state index contributed by atoms with van der Waals surface area (Å²) in [5.41, 5.74) is 7.27. The van der Waals surface area contributed by atoms with E-state index < -0.39 is 6.10 Å². The number of amides is 1. The molecule has 132 valence electrons. The third-order valence-corrected chi connectivity index (χ3v) is 3.87. The minimum absolute atomic E-state index is 0.